The molecule has 0 amide bonds. The van der Waals surface area contributed by atoms with E-state index in [0.29, 0.717) is 24.2 Å². The molecule has 4 nitrogen and oxygen atoms in total. The Morgan fingerprint density at radius 2 is 1.67 bits per heavy atom. The number of hydrogen-bond acceptors (Lipinski definition) is 4. The SMILES string of the molecule is C[C@@H]1CN(Cc2ccc(C(=O)CO)cc2)C[C@H](C)N1Cc1ccccc1F. The number of piperazine rings is 1. The lowest BCUT2D eigenvalue weighted by Crippen LogP contribution is -2.55. The molecule has 27 heavy (non-hydrogen) atoms. The summed E-state index contributed by atoms with van der Waals surface area (Å²) in [5.74, 6) is -0.401. The van der Waals surface area contributed by atoms with E-state index < -0.39 is 6.61 Å². The van der Waals surface area contributed by atoms with Crippen molar-refractivity contribution >= 4 is 5.78 Å². The number of carbonyl (C=O) groups is 1. The van der Waals surface area contributed by atoms with Crippen LogP contribution in [-0.4, -0.2) is 52.5 Å². The van der Waals surface area contributed by atoms with Crippen LogP contribution < -0.4 is 0 Å². The largest absolute Gasteiger partial charge is 0.388 e. The molecule has 2 aromatic rings. The fourth-order valence-electron chi connectivity index (χ4n) is 3.88. The highest BCUT2D eigenvalue weighted by Gasteiger charge is 2.29. The zero-order chi connectivity index (χ0) is 19.4. The molecular weight excluding hydrogens is 343 g/mol. The summed E-state index contributed by atoms with van der Waals surface area (Å²) >= 11 is 0. The highest BCUT2D eigenvalue weighted by molar-refractivity contribution is 5.96. The normalized spacial score (nSPS) is 21.3. The molecule has 0 radical (unpaired) electrons. The van der Waals surface area contributed by atoms with Gasteiger partial charge in [-0.05, 0) is 25.5 Å². The van der Waals surface area contributed by atoms with E-state index in [1.165, 1.54) is 6.07 Å². The van der Waals surface area contributed by atoms with Crippen LogP contribution in [0.2, 0.25) is 0 Å². The number of Topliss-reactive ketones (excluding diaryl/α,β-unsaturated/α-hetero) is 1. The average molecular weight is 370 g/mol. The summed E-state index contributed by atoms with van der Waals surface area (Å²) in [6, 6.07) is 15.1. The Hall–Kier alpha value is -2.08. The molecule has 5 heteroatoms. The minimum absolute atomic E-state index is 0.142. The Kier molecular flexibility index (Phi) is 6.37. The van der Waals surface area contributed by atoms with Gasteiger partial charge >= 0.3 is 0 Å². The standard InChI is InChI=1S/C22H27FN2O2/c1-16-11-24(13-18-7-9-19(10-8-18)22(27)15-26)12-17(2)25(16)14-20-5-3-4-6-21(20)23/h3-10,16-17,26H,11-15H2,1-2H3/t16-,17+. The van der Waals surface area contributed by atoms with E-state index in [1.807, 2.05) is 24.3 Å². The Bertz CT molecular complexity index is 766. The minimum Gasteiger partial charge on any atom is -0.388 e. The van der Waals surface area contributed by atoms with E-state index in [4.69, 9.17) is 5.11 Å². The molecule has 0 spiro atoms. The summed E-state index contributed by atoms with van der Waals surface area (Å²) < 4.78 is 14.0. The van der Waals surface area contributed by atoms with Gasteiger partial charge in [0.25, 0.3) is 0 Å². The number of aliphatic hydroxyl groups excluding tert-OH is 1. The second-order valence-corrected chi connectivity index (χ2v) is 7.43. The number of hydrogen-bond donors (Lipinski definition) is 1. The second kappa shape index (κ2) is 8.74. The first-order valence-corrected chi connectivity index (χ1v) is 9.42. The van der Waals surface area contributed by atoms with Gasteiger partial charge in [-0.1, -0.05) is 42.5 Å². The Morgan fingerprint density at radius 3 is 2.26 bits per heavy atom. The first-order chi connectivity index (χ1) is 13.0. The van der Waals surface area contributed by atoms with Crippen molar-refractivity contribution in [3.63, 3.8) is 0 Å². The predicted molar refractivity (Wildman–Crippen MR) is 104 cm³/mol. The van der Waals surface area contributed by atoms with Gasteiger partial charge < -0.3 is 5.11 Å². The molecule has 1 heterocycles. The monoisotopic (exact) mass is 370 g/mol. The number of nitrogens with zero attached hydrogens (tertiary/aromatic N) is 2. The maximum Gasteiger partial charge on any atom is 0.188 e. The smallest absolute Gasteiger partial charge is 0.188 e. The van der Waals surface area contributed by atoms with Crippen LogP contribution >= 0.6 is 0 Å². The highest BCUT2D eigenvalue weighted by Crippen LogP contribution is 2.22. The van der Waals surface area contributed by atoms with E-state index in [-0.39, 0.29) is 11.6 Å². The summed E-state index contributed by atoms with van der Waals surface area (Å²) in [5.41, 5.74) is 2.43. The van der Waals surface area contributed by atoms with Gasteiger partial charge in [0.05, 0.1) is 0 Å². The topological polar surface area (TPSA) is 43.8 Å². The van der Waals surface area contributed by atoms with Gasteiger partial charge in [-0.25, -0.2) is 4.39 Å². The molecule has 2 atom stereocenters. The first-order valence-electron chi connectivity index (χ1n) is 9.42. The van der Waals surface area contributed by atoms with Crippen molar-refractivity contribution in [3.8, 4) is 0 Å². The Morgan fingerprint density at radius 1 is 1.04 bits per heavy atom. The Balaban J connectivity index is 1.61. The minimum atomic E-state index is -0.460. The van der Waals surface area contributed by atoms with Crippen molar-refractivity contribution in [1.29, 1.82) is 0 Å². The number of carbonyl (C=O) groups excluding carboxylic acids is 1. The molecule has 1 N–H and O–H groups in total. The molecule has 144 valence electrons. The molecule has 3 rings (SSSR count). The van der Waals surface area contributed by atoms with Gasteiger partial charge in [0.2, 0.25) is 0 Å². The molecule has 1 fully saturated rings. The quantitative estimate of drug-likeness (QED) is 0.794. The zero-order valence-corrected chi connectivity index (χ0v) is 15.9. The van der Waals surface area contributed by atoms with Crippen LogP contribution in [0.4, 0.5) is 4.39 Å². The summed E-state index contributed by atoms with van der Waals surface area (Å²) in [6.45, 7) is 7.18. The van der Waals surface area contributed by atoms with E-state index in [9.17, 15) is 9.18 Å². The predicted octanol–water partition coefficient (Wildman–Crippen LogP) is 3.10. The van der Waals surface area contributed by atoms with Crippen LogP contribution in [0.15, 0.2) is 48.5 Å². The Labute approximate surface area is 160 Å². The molecule has 1 aliphatic heterocycles. The van der Waals surface area contributed by atoms with Crippen LogP contribution in [0.1, 0.15) is 35.3 Å². The maximum atomic E-state index is 14.0. The third-order valence-corrected chi connectivity index (χ3v) is 5.31. The van der Waals surface area contributed by atoms with Crippen LogP contribution in [0.3, 0.4) is 0 Å². The molecule has 0 bridgehead atoms. The van der Waals surface area contributed by atoms with Crippen molar-refractivity contribution in [2.75, 3.05) is 19.7 Å². The number of rotatable bonds is 6. The average Bonchev–Trinajstić information content (AvgIpc) is 2.66. The van der Waals surface area contributed by atoms with Gasteiger partial charge in [0, 0.05) is 49.4 Å². The van der Waals surface area contributed by atoms with Crippen molar-refractivity contribution in [3.05, 3.63) is 71.0 Å². The van der Waals surface area contributed by atoms with Gasteiger partial charge in [-0.3, -0.25) is 14.6 Å². The van der Waals surface area contributed by atoms with Crippen LogP contribution in [-0.2, 0) is 13.1 Å². The van der Waals surface area contributed by atoms with E-state index >= 15 is 0 Å². The molecule has 0 unspecified atom stereocenters. The lowest BCUT2D eigenvalue weighted by atomic mass is 10.0. The summed E-state index contributed by atoms with van der Waals surface area (Å²) in [7, 11) is 0. The number of ketones is 1. The van der Waals surface area contributed by atoms with E-state index in [2.05, 4.69) is 23.6 Å². The van der Waals surface area contributed by atoms with Crippen LogP contribution in [0.25, 0.3) is 0 Å². The molecule has 0 aliphatic carbocycles. The van der Waals surface area contributed by atoms with Crippen molar-refractivity contribution in [1.82, 2.24) is 9.80 Å². The molecule has 0 aromatic heterocycles. The fourth-order valence-corrected chi connectivity index (χ4v) is 3.88. The van der Waals surface area contributed by atoms with Crippen molar-refractivity contribution in [2.45, 2.75) is 39.0 Å². The van der Waals surface area contributed by atoms with E-state index in [1.54, 1.807) is 18.2 Å². The van der Waals surface area contributed by atoms with E-state index in [0.717, 1.165) is 30.8 Å². The highest BCUT2D eigenvalue weighted by atomic mass is 19.1. The lowest BCUT2D eigenvalue weighted by molar-refractivity contribution is 0.0283. The maximum absolute atomic E-state index is 14.0. The fraction of sp³-hybridized carbons (Fsp3) is 0.409. The number of halogens is 1. The van der Waals surface area contributed by atoms with Gasteiger partial charge in [0.1, 0.15) is 12.4 Å². The number of aliphatic hydroxyl groups is 1. The zero-order valence-electron chi connectivity index (χ0n) is 15.9. The van der Waals surface area contributed by atoms with Crippen LogP contribution in [0.5, 0.6) is 0 Å². The van der Waals surface area contributed by atoms with Gasteiger partial charge in [-0.15, -0.1) is 0 Å². The van der Waals surface area contributed by atoms with Crippen molar-refractivity contribution in [2.24, 2.45) is 0 Å². The third kappa shape index (κ3) is 4.80. The second-order valence-electron chi connectivity index (χ2n) is 7.43. The first kappa shape index (κ1) is 19.7. The summed E-state index contributed by atoms with van der Waals surface area (Å²) in [5, 5.41) is 8.94. The molecule has 1 saturated heterocycles. The summed E-state index contributed by atoms with van der Waals surface area (Å²) in [4.78, 5) is 16.3. The lowest BCUT2D eigenvalue weighted by Gasteiger charge is -2.44. The third-order valence-electron chi connectivity index (χ3n) is 5.31. The van der Waals surface area contributed by atoms with Crippen molar-refractivity contribution < 1.29 is 14.3 Å². The summed E-state index contributed by atoms with van der Waals surface area (Å²) in [6.07, 6.45) is 0. The molecule has 2 aromatic carbocycles. The van der Waals surface area contributed by atoms with Gasteiger partial charge in [-0.2, -0.15) is 0 Å². The molecule has 0 saturated carbocycles. The molecule has 1 aliphatic rings. The van der Waals surface area contributed by atoms with Gasteiger partial charge in [0.15, 0.2) is 5.78 Å². The molecular formula is C22H27FN2O2. The number of benzene rings is 2. The van der Waals surface area contributed by atoms with Crippen LogP contribution in [0, 0.1) is 5.82 Å².